The summed E-state index contributed by atoms with van der Waals surface area (Å²) in [4.78, 5) is 26.9. The molecule has 1 unspecified atom stereocenters. The van der Waals surface area contributed by atoms with Crippen LogP contribution in [0, 0.1) is 5.82 Å². The van der Waals surface area contributed by atoms with Gasteiger partial charge in [-0.25, -0.2) is 4.39 Å². The molecule has 0 aliphatic carbocycles. The molecule has 1 fully saturated rings. The summed E-state index contributed by atoms with van der Waals surface area (Å²) in [6, 6.07) is 11.9. The minimum atomic E-state index is -0.763. The highest BCUT2D eigenvalue weighted by atomic mass is 32.2. The summed E-state index contributed by atoms with van der Waals surface area (Å²) in [7, 11) is 0. The van der Waals surface area contributed by atoms with Crippen LogP contribution in [0.3, 0.4) is 0 Å². The monoisotopic (exact) mass is 430 g/mol. The van der Waals surface area contributed by atoms with Gasteiger partial charge in [-0.2, -0.15) is 0 Å². The van der Waals surface area contributed by atoms with E-state index in [4.69, 9.17) is 12.2 Å². The molecule has 29 heavy (non-hydrogen) atoms. The van der Waals surface area contributed by atoms with Gasteiger partial charge in [-0.05, 0) is 54.8 Å². The normalized spacial score (nSPS) is 16.3. The first kappa shape index (κ1) is 21.0. The van der Waals surface area contributed by atoms with Crippen molar-refractivity contribution in [1.82, 2.24) is 10.2 Å². The molecule has 0 bridgehead atoms. The number of halogens is 1. The SMILES string of the molecule is CC(C(=O)NCCc1ccc(O)cc1)N1C(=O)C(=Cc2cccc(F)c2)SC1=S. The summed E-state index contributed by atoms with van der Waals surface area (Å²) < 4.78 is 13.7. The maximum absolute atomic E-state index is 13.4. The molecule has 0 saturated carbocycles. The average molecular weight is 431 g/mol. The number of rotatable bonds is 6. The molecule has 1 saturated heterocycles. The molecule has 0 radical (unpaired) electrons. The number of nitrogens with one attached hydrogen (secondary N) is 1. The van der Waals surface area contributed by atoms with Crippen LogP contribution in [0.1, 0.15) is 18.1 Å². The maximum atomic E-state index is 13.4. The molecule has 1 aliphatic rings. The highest BCUT2D eigenvalue weighted by Gasteiger charge is 2.38. The molecular weight excluding hydrogens is 411 g/mol. The van der Waals surface area contributed by atoms with Crippen LogP contribution in [0.4, 0.5) is 4.39 Å². The number of carbonyl (C=O) groups is 2. The number of amides is 2. The van der Waals surface area contributed by atoms with Crippen LogP contribution >= 0.6 is 24.0 Å². The summed E-state index contributed by atoms with van der Waals surface area (Å²) in [5.41, 5.74) is 1.52. The number of phenols is 1. The van der Waals surface area contributed by atoms with Crippen molar-refractivity contribution in [3.8, 4) is 5.75 Å². The first-order chi connectivity index (χ1) is 13.8. The number of hydrogen-bond acceptors (Lipinski definition) is 5. The molecule has 1 aliphatic heterocycles. The van der Waals surface area contributed by atoms with E-state index >= 15 is 0 Å². The first-order valence-corrected chi connectivity index (χ1v) is 10.2. The third-order valence-electron chi connectivity index (χ3n) is 4.39. The van der Waals surface area contributed by atoms with E-state index in [-0.39, 0.29) is 17.6 Å². The molecule has 0 aromatic heterocycles. The molecule has 3 rings (SSSR count). The van der Waals surface area contributed by atoms with Crippen molar-refractivity contribution in [2.24, 2.45) is 0 Å². The number of carbonyl (C=O) groups excluding carboxylic acids is 2. The van der Waals surface area contributed by atoms with Crippen LogP contribution in [0.2, 0.25) is 0 Å². The van der Waals surface area contributed by atoms with Gasteiger partial charge in [-0.3, -0.25) is 14.5 Å². The molecule has 150 valence electrons. The Morgan fingerprint density at radius 1 is 1.31 bits per heavy atom. The number of phenolic OH excluding ortho intramolecular Hbond substituents is 1. The van der Waals surface area contributed by atoms with Crippen molar-refractivity contribution in [3.63, 3.8) is 0 Å². The van der Waals surface area contributed by atoms with Gasteiger partial charge in [-0.15, -0.1) is 0 Å². The quantitative estimate of drug-likeness (QED) is 0.543. The van der Waals surface area contributed by atoms with Crippen molar-refractivity contribution in [1.29, 1.82) is 0 Å². The van der Waals surface area contributed by atoms with Crippen molar-refractivity contribution >= 4 is 46.2 Å². The molecule has 5 nitrogen and oxygen atoms in total. The lowest BCUT2D eigenvalue weighted by Crippen LogP contribution is -2.47. The van der Waals surface area contributed by atoms with E-state index < -0.39 is 11.9 Å². The maximum Gasteiger partial charge on any atom is 0.266 e. The number of benzene rings is 2. The van der Waals surface area contributed by atoms with Crippen LogP contribution < -0.4 is 5.32 Å². The standard InChI is InChI=1S/C21H19FN2O3S2/c1-13(19(26)23-10-9-14-5-7-17(25)8-6-14)24-20(27)18(29-21(24)28)12-15-3-2-4-16(22)11-15/h2-8,11-13,25H,9-10H2,1H3,(H,23,26). The Hall–Kier alpha value is -2.71. The number of aromatic hydroxyl groups is 1. The molecule has 1 heterocycles. The molecule has 2 aromatic rings. The van der Waals surface area contributed by atoms with Crippen LogP contribution in [-0.4, -0.2) is 38.7 Å². The largest absolute Gasteiger partial charge is 0.508 e. The van der Waals surface area contributed by atoms with E-state index in [2.05, 4.69) is 5.32 Å². The Morgan fingerprint density at radius 2 is 2.03 bits per heavy atom. The summed E-state index contributed by atoms with van der Waals surface area (Å²) in [5.74, 6) is -0.889. The van der Waals surface area contributed by atoms with Crippen LogP contribution in [0.5, 0.6) is 5.75 Å². The van der Waals surface area contributed by atoms with E-state index in [1.165, 1.54) is 17.0 Å². The fraction of sp³-hybridized carbons (Fsp3) is 0.190. The molecule has 0 spiro atoms. The minimum absolute atomic E-state index is 0.187. The van der Waals surface area contributed by atoms with Gasteiger partial charge in [0.15, 0.2) is 0 Å². The Balaban J connectivity index is 1.61. The fourth-order valence-corrected chi connectivity index (χ4v) is 4.24. The molecule has 2 N–H and O–H groups in total. The van der Waals surface area contributed by atoms with Gasteiger partial charge >= 0.3 is 0 Å². The molecule has 2 aromatic carbocycles. The Morgan fingerprint density at radius 3 is 2.72 bits per heavy atom. The van der Waals surface area contributed by atoms with Crippen LogP contribution in [-0.2, 0) is 16.0 Å². The number of thioether (sulfide) groups is 1. The second-order valence-electron chi connectivity index (χ2n) is 6.49. The average Bonchev–Trinajstić information content (AvgIpc) is 2.96. The van der Waals surface area contributed by atoms with Gasteiger partial charge in [0.25, 0.3) is 5.91 Å². The van der Waals surface area contributed by atoms with E-state index in [9.17, 15) is 19.1 Å². The predicted octanol–water partition coefficient (Wildman–Crippen LogP) is 3.48. The van der Waals surface area contributed by atoms with E-state index in [1.54, 1.807) is 49.4 Å². The summed E-state index contributed by atoms with van der Waals surface area (Å²) >= 11 is 6.38. The predicted molar refractivity (Wildman–Crippen MR) is 116 cm³/mol. The van der Waals surface area contributed by atoms with E-state index in [0.717, 1.165) is 17.3 Å². The van der Waals surface area contributed by atoms with E-state index in [1.807, 2.05) is 0 Å². The summed E-state index contributed by atoms with van der Waals surface area (Å²) in [5, 5.41) is 12.1. The Kier molecular flexibility index (Phi) is 6.66. The zero-order valence-corrected chi connectivity index (χ0v) is 17.2. The molecule has 1 atom stereocenters. The lowest BCUT2D eigenvalue weighted by atomic mass is 10.1. The highest BCUT2D eigenvalue weighted by Crippen LogP contribution is 2.34. The topological polar surface area (TPSA) is 69.6 Å². The third kappa shape index (κ3) is 5.21. The fourth-order valence-electron chi connectivity index (χ4n) is 2.82. The van der Waals surface area contributed by atoms with Gasteiger partial charge in [0, 0.05) is 6.54 Å². The van der Waals surface area contributed by atoms with Gasteiger partial charge in [0.05, 0.1) is 4.91 Å². The number of hydrogen-bond donors (Lipinski definition) is 2. The second kappa shape index (κ2) is 9.19. The zero-order valence-electron chi connectivity index (χ0n) is 15.6. The van der Waals surface area contributed by atoms with Gasteiger partial charge in [0.1, 0.15) is 21.9 Å². The van der Waals surface area contributed by atoms with Crippen LogP contribution in [0.15, 0.2) is 53.4 Å². The Bertz CT molecular complexity index is 976. The minimum Gasteiger partial charge on any atom is -0.508 e. The molecular formula is C21H19FN2O3S2. The number of nitrogens with zero attached hydrogens (tertiary/aromatic N) is 1. The van der Waals surface area contributed by atoms with Gasteiger partial charge < -0.3 is 10.4 Å². The zero-order chi connectivity index (χ0) is 21.0. The van der Waals surface area contributed by atoms with Crippen molar-refractivity contribution in [2.45, 2.75) is 19.4 Å². The van der Waals surface area contributed by atoms with Crippen molar-refractivity contribution in [2.75, 3.05) is 6.54 Å². The van der Waals surface area contributed by atoms with Crippen LogP contribution in [0.25, 0.3) is 6.08 Å². The van der Waals surface area contributed by atoms with E-state index in [0.29, 0.717) is 27.8 Å². The number of thiocarbonyl (C=S) groups is 1. The van der Waals surface area contributed by atoms with Gasteiger partial charge in [0.2, 0.25) is 5.91 Å². The third-order valence-corrected chi connectivity index (χ3v) is 5.72. The second-order valence-corrected chi connectivity index (χ2v) is 8.17. The van der Waals surface area contributed by atoms with Crippen molar-refractivity contribution in [3.05, 3.63) is 70.4 Å². The summed E-state index contributed by atoms with van der Waals surface area (Å²) in [6.07, 6.45) is 2.16. The lowest BCUT2D eigenvalue weighted by molar-refractivity contribution is -0.132. The Labute approximate surface area is 177 Å². The highest BCUT2D eigenvalue weighted by molar-refractivity contribution is 8.26. The van der Waals surface area contributed by atoms with Gasteiger partial charge in [-0.1, -0.05) is 48.2 Å². The first-order valence-electron chi connectivity index (χ1n) is 8.93. The summed E-state index contributed by atoms with van der Waals surface area (Å²) in [6.45, 7) is 2.01. The lowest BCUT2D eigenvalue weighted by Gasteiger charge is -2.22. The molecule has 8 heteroatoms. The molecule has 2 amide bonds. The smallest absolute Gasteiger partial charge is 0.266 e. The van der Waals surface area contributed by atoms with Crippen molar-refractivity contribution < 1.29 is 19.1 Å².